The van der Waals surface area contributed by atoms with Gasteiger partial charge in [-0.15, -0.1) is 6.58 Å². The van der Waals surface area contributed by atoms with Crippen LogP contribution in [0, 0.1) is 0 Å². The molecule has 1 aliphatic rings. The summed E-state index contributed by atoms with van der Waals surface area (Å²) in [5.74, 6) is -0.348. The lowest BCUT2D eigenvalue weighted by atomic mass is 10.1. The minimum atomic E-state index is -0.520. The van der Waals surface area contributed by atoms with Crippen LogP contribution < -0.4 is 10.6 Å². The molecule has 1 aromatic carbocycles. The third-order valence-electron chi connectivity index (χ3n) is 4.15. The zero-order chi connectivity index (χ0) is 17.4. The molecule has 0 saturated heterocycles. The number of hydrogen-bond acceptors (Lipinski definition) is 4. The van der Waals surface area contributed by atoms with Crippen molar-refractivity contribution in [1.29, 1.82) is 0 Å². The molecular weight excluding hydrogens is 306 g/mol. The fraction of sp³-hybridized carbons (Fsp3) is 0.444. The Morgan fingerprint density at radius 1 is 1.38 bits per heavy atom. The predicted molar refractivity (Wildman–Crippen MR) is 92.5 cm³/mol. The van der Waals surface area contributed by atoms with E-state index in [1.807, 2.05) is 17.0 Å². The van der Waals surface area contributed by atoms with Gasteiger partial charge in [-0.3, -0.25) is 15.0 Å². The van der Waals surface area contributed by atoms with E-state index in [9.17, 15) is 9.59 Å². The van der Waals surface area contributed by atoms with Crippen LogP contribution in [0.15, 0.2) is 36.9 Å². The fourth-order valence-corrected chi connectivity index (χ4v) is 3.09. The first kappa shape index (κ1) is 18.2. The molecule has 0 spiro atoms. The van der Waals surface area contributed by atoms with Crippen molar-refractivity contribution in [2.24, 2.45) is 0 Å². The molecule has 0 bridgehead atoms. The van der Waals surface area contributed by atoms with E-state index in [-0.39, 0.29) is 25.1 Å². The Balaban J connectivity index is 2.00. The number of nitrogens with one attached hydrogen (secondary N) is 2. The first-order valence-electron chi connectivity index (χ1n) is 8.27. The van der Waals surface area contributed by atoms with Gasteiger partial charge in [-0.2, -0.15) is 0 Å². The van der Waals surface area contributed by atoms with Crippen molar-refractivity contribution in [1.82, 2.24) is 15.5 Å². The maximum absolute atomic E-state index is 12.2. The van der Waals surface area contributed by atoms with E-state index in [1.54, 1.807) is 6.08 Å². The average Bonchev–Trinajstić information content (AvgIpc) is 3.00. The van der Waals surface area contributed by atoms with Crippen molar-refractivity contribution in [3.05, 3.63) is 48.0 Å². The molecule has 6 heteroatoms. The van der Waals surface area contributed by atoms with E-state index in [2.05, 4.69) is 29.3 Å². The van der Waals surface area contributed by atoms with Gasteiger partial charge in [0.2, 0.25) is 5.91 Å². The van der Waals surface area contributed by atoms with Crippen molar-refractivity contribution >= 4 is 11.9 Å². The Morgan fingerprint density at radius 2 is 2.17 bits per heavy atom. The first-order valence-corrected chi connectivity index (χ1v) is 8.27. The van der Waals surface area contributed by atoms with Gasteiger partial charge in [0.1, 0.15) is 0 Å². The number of urea groups is 1. The summed E-state index contributed by atoms with van der Waals surface area (Å²) in [6.45, 7) is 4.63. The van der Waals surface area contributed by atoms with Crippen LogP contribution in [-0.2, 0) is 11.2 Å². The number of nitrogens with zero attached hydrogens (tertiary/aromatic N) is 1. The van der Waals surface area contributed by atoms with Gasteiger partial charge >= 0.3 is 6.03 Å². The van der Waals surface area contributed by atoms with Crippen molar-refractivity contribution in [3.63, 3.8) is 0 Å². The van der Waals surface area contributed by atoms with Gasteiger partial charge in [0.15, 0.2) is 0 Å². The van der Waals surface area contributed by atoms with Crippen LogP contribution >= 0.6 is 0 Å². The molecular formula is C18H25N3O3. The molecule has 3 N–H and O–H groups in total. The molecule has 3 amide bonds. The normalized spacial score (nSPS) is 15.8. The molecule has 1 aliphatic carbocycles. The zero-order valence-corrected chi connectivity index (χ0v) is 13.8. The van der Waals surface area contributed by atoms with E-state index < -0.39 is 6.03 Å². The van der Waals surface area contributed by atoms with Gasteiger partial charge in [-0.25, -0.2) is 4.79 Å². The summed E-state index contributed by atoms with van der Waals surface area (Å²) in [4.78, 5) is 25.8. The second kappa shape index (κ2) is 9.20. The zero-order valence-electron chi connectivity index (χ0n) is 13.8. The number of rotatable bonds is 8. The number of fused-ring (bicyclic) bond motifs is 1. The summed E-state index contributed by atoms with van der Waals surface area (Å²) in [5.41, 5.74) is 2.54. The quantitative estimate of drug-likeness (QED) is 0.629. The number of hydrogen-bond donors (Lipinski definition) is 3. The van der Waals surface area contributed by atoms with Crippen LogP contribution in [0.2, 0.25) is 0 Å². The number of benzene rings is 1. The summed E-state index contributed by atoms with van der Waals surface area (Å²) in [6.07, 6.45) is 4.07. The van der Waals surface area contributed by atoms with Crippen LogP contribution in [0.25, 0.3) is 0 Å². The van der Waals surface area contributed by atoms with Crippen LogP contribution in [0.1, 0.15) is 30.0 Å². The number of imide groups is 1. The second-order valence-electron chi connectivity index (χ2n) is 5.85. The van der Waals surface area contributed by atoms with Gasteiger partial charge in [0.05, 0.1) is 6.54 Å². The molecule has 0 aliphatic heterocycles. The number of carbonyl (C=O) groups excluding carboxylic acids is 2. The lowest BCUT2D eigenvalue weighted by Crippen LogP contribution is -2.45. The van der Waals surface area contributed by atoms with E-state index >= 15 is 0 Å². The highest BCUT2D eigenvalue weighted by atomic mass is 16.3. The van der Waals surface area contributed by atoms with Gasteiger partial charge < -0.3 is 10.4 Å². The standard InChI is InChI=1S/C18H25N3O3/c1-2-10-19-18(24)20-17(23)13-21(11-5-12-22)16-9-8-14-6-3-4-7-15(14)16/h2-4,6-7,16,22H,1,5,8-13H2,(H2,19,20,23,24)/t16-/m1/s1. The van der Waals surface area contributed by atoms with E-state index in [1.165, 1.54) is 11.1 Å². The van der Waals surface area contributed by atoms with Gasteiger partial charge in [-0.1, -0.05) is 30.3 Å². The molecule has 0 fully saturated rings. The number of aryl methyl sites for hydroxylation is 1. The third kappa shape index (κ3) is 4.91. The molecule has 1 atom stereocenters. The Morgan fingerprint density at radius 3 is 2.92 bits per heavy atom. The SMILES string of the molecule is C=CCNC(=O)NC(=O)CN(CCCO)[C@@H]1CCc2ccccc21. The molecule has 6 nitrogen and oxygen atoms in total. The van der Waals surface area contributed by atoms with Gasteiger partial charge in [0, 0.05) is 25.7 Å². The van der Waals surface area contributed by atoms with Crippen LogP contribution in [0.5, 0.6) is 0 Å². The Bertz CT molecular complexity index is 589. The summed E-state index contributed by atoms with van der Waals surface area (Å²) >= 11 is 0. The summed E-state index contributed by atoms with van der Waals surface area (Å²) in [5, 5.41) is 14.0. The minimum Gasteiger partial charge on any atom is -0.396 e. The molecule has 0 saturated carbocycles. The van der Waals surface area contributed by atoms with Crippen molar-refractivity contribution in [3.8, 4) is 0 Å². The van der Waals surface area contributed by atoms with Crippen LogP contribution in [0.3, 0.4) is 0 Å². The molecule has 2 rings (SSSR count). The fourth-order valence-electron chi connectivity index (χ4n) is 3.09. The largest absolute Gasteiger partial charge is 0.396 e. The van der Waals surface area contributed by atoms with Crippen LogP contribution in [-0.4, -0.2) is 48.2 Å². The second-order valence-corrected chi connectivity index (χ2v) is 5.85. The molecule has 130 valence electrons. The number of aliphatic hydroxyl groups is 1. The van der Waals surface area contributed by atoms with Crippen molar-refractivity contribution in [2.45, 2.75) is 25.3 Å². The smallest absolute Gasteiger partial charge is 0.321 e. The van der Waals surface area contributed by atoms with Gasteiger partial charge in [0.25, 0.3) is 0 Å². The lowest BCUT2D eigenvalue weighted by molar-refractivity contribution is -0.121. The predicted octanol–water partition coefficient (Wildman–Crippen LogP) is 1.37. The Kier molecular flexibility index (Phi) is 6.96. The monoisotopic (exact) mass is 331 g/mol. The molecule has 0 radical (unpaired) electrons. The maximum Gasteiger partial charge on any atom is 0.321 e. The summed E-state index contributed by atoms with van der Waals surface area (Å²) in [6, 6.07) is 7.86. The van der Waals surface area contributed by atoms with Crippen molar-refractivity contribution < 1.29 is 14.7 Å². The van der Waals surface area contributed by atoms with Crippen LogP contribution in [0.4, 0.5) is 4.79 Å². The number of amides is 3. The molecule has 1 aromatic rings. The first-order chi connectivity index (χ1) is 11.7. The highest BCUT2D eigenvalue weighted by molar-refractivity contribution is 5.95. The molecule has 0 unspecified atom stereocenters. The number of aliphatic hydroxyl groups excluding tert-OH is 1. The Hall–Kier alpha value is -2.18. The maximum atomic E-state index is 12.2. The lowest BCUT2D eigenvalue weighted by Gasteiger charge is -2.28. The average molecular weight is 331 g/mol. The van der Waals surface area contributed by atoms with Gasteiger partial charge in [-0.05, 0) is 30.4 Å². The van der Waals surface area contributed by atoms with E-state index in [4.69, 9.17) is 5.11 Å². The molecule has 24 heavy (non-hydrogen) atoms. The molecule has 0 heterocycles. The van der Waals surface area contributed by atoms with E-state index in [0.717, 1.165) is 12.8 Å². The Labute approximate surface area is 142 Å². The topological polar surface area (TPSA) is 81.7 Å². The van der Waals surface area contributed by atoms with Crippen molar-refractivity contribution in [2.75, 3.05) is 26.2 Å². The number of carbonyl (C=O) groups is 2. The molecule has 0 aromatic heterocycles. The summed E-state index contributed by atoms with van der Waals surface area (Å²) < 4.78 is 0. The highest BCUT2D eigenvalue weighted by Gasteiger charge is 2.28. The highest BCUT2D eigenvalue weighted by Crippen LogP contribution is 2.35. The summed E-state index contributed by atoms with van der Waals surface area (Å²) in [7, 11) is 0. The minimum absolute atomic E-state index is 0.0757. The van der Waals surface area contributed by atoms with E-state index in [0.29, 0.717) is 19.5 Å². The third-order valence-corrected chi connectivity index (χ3v) is 4.15.